The Labute approximate surface area is 133 Å². The van der Waals surface area contributed by atoms with Gasteiger partial charge in [0.05, 0.1) is 6.42 Å². The lowest BCUT2D eigenvalue weighted by atomic mass is 10.1. The first-order chi connectivity index (χ1) is 11.0. The molecule has 8 heteroatoms. The van der Waals surface area contributed by atoms with E-state index in [1.54, 1.807) is 6.92 Å². The molecule has 1 saturated heterocycles. The summed E-state index contributed by atoms with van der Waals surface area (Å²) in [7, 11) is 0. The zero-order valence-corrected chi connectivity index (χ0v) is 12.8. The van der Waals surface area contributed by atoms with E-state index in [4.69, 9.17) is 0 Å². The number of carbonyl (C=O) groups excluding carboxylic acids is 3. The van der Waals surface area contributed by atoms with Gasteiger partial charge in [0.2, 0.25) is 11.8 Å². The van der Waals surface area contributed by atoms with Gasteiger partial charge in [-0.25, -0.2) is 9.18 Å². The monoisotopic (exact) mass is 322 g/mol. The van der Waals surface area contributed by atoms with Crippen molar-refractivity contribution in [2.45, 2.75) is 19.4 Å². The van der Waals surface area contributed by atoms with Gasteiger partial charge in [-0.15, -0.1) is 0 Å². The Kier molecular flexibility index (Phi) is 5.51. The zero-order valence-electron chi connectivity index (χ0n) is 12.8. The van der Waals surface area contributed by atoms with Crippen LogP contribution in [0.5, 0.6) is 0 Å². The molecule has 0 aliphatic carbocycles. The van der Waals surface area contributed by atoms with E-state index in [1.165, 1.54) is 29.2 Å². The lowest BCUT2D eigenvalue weighted by molar-refractivity contribution is -0.131. The van der Waals surface area contributed by atoms with Crippen molar-refractivity contribution >= 4 is 23.5 Å². The van der Waals surface area contributed by atoms with Gasteiger partial charge in [0.1, 0.15) is 11.9 Å². The first-order valence-electron chi connectivity index (χ1n) is 7.39. The number of benzene rings is 1. The number of piperazine rings is 1. The number of urea groups is 1. The molecule has 1 unspecified atom stereocenters. The highest BCUT2D eigenvalue weighted by molar-refractivity contribution is 5.97. The van der Waals surface area contributed by atoms with Gasteiger partial charge in [-0.05, 0) is 31.2 Å². The van der Waals surface area contributed by atoms with E-state index in [0.29, 0.717) is 25.3 Å². The van der Waals surface area contributed by atoms with Crippen LogP contribution in [0, 0.1) is 5.82 Å². The van der Waals surface area contributed by atoms with Crippen molar-refractivity contribution in [2.24, 2.45) is 0 Å². The molecule has 7 nitrogen and oxygen atoms in total. The summed E-state index contributed by atoms with van der Waals surface area (Å²) in [5.41, 5.74) is 0.428. The van der Waals surface area contributed by atoms with E-state index in [-0.39, 0.29) is 18.4 Å². The van der Waals surface area contributed by atoms with E-state index in [0.717, 1.165) is 0 Å². The molecule has 0 spiro atoms. The highest BCUT2D eigenvalue weighted by Crippen LogP contribution is 2.13. The molecular formula is C15H19FN4O3. The predicted octanol–water partition coefficient (Wildman–Crippen LogP) is 0.684. The van der Waals surface area contributed by atoms with E-state index < -0.39 is 17.8 Å². The highest BCUT2D eigenvalue weighted by atomic mass is 19.1. The minimum Gasteiger partial charge on any atom is -0.353 e. The minimum atomic E-state index is -0.865. The van der Waals surface area contributed by atoms with E-state index in [2.05, 4.69) is 16.0 Å². The van der Waals surface area contributed by atoms with Crippen molar-refractivity contribution in [1.82, 2.24) is 15.5 Å². The normalized spacial score (nSPS) is 17.4. The van der Waals surface area contributed by atoms with Gasteiger partial charge < -0.3 is 20.9 Å². The number of anilines is 1. The standard InChI is InChI=1S/C15H19FN4O3/c1-2-17-15(23)20-8-7-18-14(22)12(20)9-13(21)19-11-5-3-10(16)4-6-11/h3-6,12H,2,7-9H2,1H3,(H,17,23)(H,18,22)(H,19,21). The average Bonchev–Trinajstić information content (AvgIpc) is 2.52. The van der Waals surface area contributed by atoms with E-state index in [1.807, 2.05) is 0 Å². The topological polar surface area (TPSA) is 90.5 Å². The third-order valence-corrected chi connectivity index (χ3v) is 3.43. The molecule has 1 aliphatic rings. The molecule has 0 saturated carbocycles. The van der Waals surface area contributed by atoms with Crippen LogP contribution >= 0.6 is 0 Å². The van der Waals surface area contributed by atoms with Crippen LogP contribution in [0.1, 0.15) is 13.3 Å². The first kappa shape index (κ1) is 16.7. The van der Waals surface area contributed by atoms with Crippen LogP contribution in [0.25, 0.3) is 0 Å². The Hall–Kier alpha value is -2.64. The van der Waals surface area contributed by atoms with Gasteiger partial charge in [-0.3, -0.25) is 9.59 Å². The van der Waals surface area contributed by atoms with Crippen molar-refractivity contribution in [3.63, 3.8) is 0 Å². The minimum absolute atomic E-state index is 0.166. The van der Waals surface area contributed by atoms with E-state index >= 15 is 0 Å². The summed E-state index contributed by atoms with van der Waals surface area (Å²) in [6.45, 7) is 2.90. The quantitative estimate of drug-likeness (QED) is 0.761. The number of nitrogens with zero attached hydrogens (tertiary/aromatic N) is 1. The lowest BCUT2D eigenvalue weighted by Gasteiger charge is -2.34. The maximum Gasteiger partial charge on any atom is 0.318 e. The van der Waals surface area contributed by atoms with Crippen LogP contribution in [0.15, 0.2) is 24.3 Å². The summed E-state index contributed by atoms with van der Waals surface area (Å²) in [5.74, 6) is -1.19. The summed E-state index contributed by atoms with van der Waals surface area (Å²) in [6, 6.07) is 4.07. The molecule has 1 aromatic rings. The number of halogens is 1. The Bertz CT molecular complexity index is 591. The van der Waals surface area contributed by atoms with Gasteiger partial charge in [-0.2, -0.15) is 0 Å². The van der Waals surface area contributed by atoms with Crippen LogP contribution in [0.2, 0.25) is 0 Å². The molecular weight excluding hydrogens is 303 g/mol. The van der Waals surface area contributed by atoms with Crippen LogP contribution in [0.3, 0.4) is 0 Å². The molecule has 4 amide bonds. The van der Waals surface area contributed by atoms with Gasteiger partial charge in [0.15, 0.2) is 0 Å². The molecule has 124 valence electrons. The van der Waals surface area contributed by atoms with Crippen LogP contribution in [-0.4, -0.2) is 48.4 Å². The first-order valence-corrected chi connectivity index (χ1v) is 7.39. The molecule has 23 heavy (non-hydrogen) atoms. The van der Waals surface area contributed by atoms with Crippen molar-refractivity contribution in [3.8, 4) is 0 Å². The third kappa shape index (κ3) is 4.41. The number of hydrogen-bond acceptors (Lipinski definition) is 3. The number of hydrogen-bond donors (Lipinski definition) is 3. The Morgan fingerprint density at radius 1 is 1.35 bits per heavy atom. The summed E-state index contributed by atoms with van der Waals surface area (Å²) >= 11 is 0. The Balaban J connectivity index is 2.01. The fourth-order valence-electron chi connectivity index (χ4n) is 2.33. The molecule has 3 N–H and O–H groups in total. The zero-order chi connectivity index (χ0) is 16.8. The van der Waals surface area contributed by atoms with Gasteiger partial charge in [0.25, 0.3) is 0 Å². The number of amides is 4. The van der Waals surface area contributed by atoms with Crippen molar-refractivity contribution < 1.29 is 18.8 Å². The highest BCUT2D eigenvalue weighted by Gasteiger charge is 2.34. The number of nitrogens with one attached hydrogen (secondary N) is 3. The molecule has 0 radical (unpaired) electrons. The molecule has 1 aromatic carbocycles. The van der Waals surface area contributed by atoms with Crippen molar-refractivity contribution in [1.29, 1.82) is 0 Å². The Morgan fingerprint density at radius 3 is 2.70 bits per heavy atom. The maximum atomic E-state index is 12.8. The lowest BCUT2D eigenvalue weighted by Crippen LogP contribution is -2.60. The number of rotatable bonds is 4. The molecule has 1 aliphatic heterocycles. The molecule has 0 aromatic heterocycles. The maximum absolute atomic E-state index is 12.8. The SMILES string of the molecule is CCNC(=O)N1CCNC(=O)C1CC(=O)Nc1ccc(F)cc1. The summed E-state index contributed by atoms with van der Waals surface area (Å²) in [4.78, 5) is 37.4. The summed E-state index contributed by atoms with van der Waals surface area (Å²) < 4.78 is 12.8. The molecule has 1 atom stereocenters. The smallest absolute Gasteiger partial charge is 0.318 e. The fraction of sp³-hybridized carbons (Fsp3) is 0.400. The van der Waals surface area contributed by atoms with Crippen LogP contribution in [0.4, 0.5) is 14.9 Å². The fourth-order valence-corrected chi connectivity index (χ4v) is 2.33. The Morgan fingerprint density at radius 2 is 2.04 bits per heavy atom. The molecule has 1 heterocycles. The van der Waals surface area contributed by atoms with Crippen molar-refractivity contribution in [3.05, 3.63) is 30.1 Å². The molecule has 2 rings (SSSR count). The van der Waals surface area contributed by atoms with Crippen molar-refractivity contribution in [2.75, 3.05) is 25.0 Å². The third-order valence-electron chi connectivity index (χ3n) is 3.43. The molecule has 1 fully saturated rings. The second kappa shape index (κ2) is 7.57. The number of carbonyl (C=O) groups is 3. The summed E-state index contributed by atoms with van der Waals surface area (Å²) in [6.07, 6.45) is -0.166. The van der Waals surface area contributed by atoms with E-state index in [9.17, 15) is 18.8 Å². The predicted molar refractivity (Wildman–Crippen MR) is 82.2 cm³/mol. The van der Waals surface area contributed by atoms with Gasteiger partial charge in [0, 0.05) is 25.3 Å². The second-order valence-corrected chi connectivity index (χ2v) is 5.09. The van der Waals surface area contributed by atoms with Crippen LogP contribution in [-0.2, 0) is 9.59 Å². The van der Waals surface area contributed by atoms with Gasteiger partial charge >= 0.3 is 6.03 Å². The largest absolute Gasteiger partial charge is 0.353 e. The summed E-state index contributed by atoms with van der Waals surface area (Å²) in [5, 5.41) is 7.86. The van der Waals surface area contributed by atoms with Gasteiger partial charge in [-0.1, -0.05) is 0 Å². The average molecular weight is 322 g/mol. The van der Waals surface area contributed by atoms with Crippen LogP contribution < -0.4 is 16.0 Å². The second-order valence-electron chi connectivity index (χ2n) is 5.09. The molecule has 0 bridgehead atoms.